The standard InChI is InChI=1S/C19H18ClF2NO3/c1-23(12-14-5-3-4-6-15(14)20)18(24)10-8-13-7-9-16(26-19(21)22)17(11-13)25-2/h3-11,19H,12H2,1-2H3/b10-8+. The second-order valence-electron chi connectivity index (χ2n) is 5.41. The van der Waals surface area contributed by atoms with Crippen LogP contribution >= 0.6 is 11.6 Å². The van der Waals surface area contributed by atoms with Gasteiger partial charge in [0.25, 0.3) is 0 Å². The first kappa shape index (κ1) is 19.7. The molecule has 0 aliphatic rings. The van der Waals surface area contributed by atoms with Crippen molar-refractivity contribution in [2.75, 3.05) is 14.2 Å². The number of hydrogen-bond acceptors (Lipinski definition) is 3. The molecule has 2 aromatic rings. The quantitative estimate of drug-likeness (QED) is 0.657. The third kappa shape index (κ3) is 5.46. The summed E-state index contributed by atoms with van der Waals surface area (Å²) in [5, 5.41) is 0.593. The normalized spacial score (nSPS) is 11.0. The molecule has 0 saturated carbocycles. The van der Waals surface area contributed by atoms with Crippen molar-refractivity contribution in [3.05, 3.63) is 64.7 Å². The van der Waals surface area contributed by atoms with E-state index in [2.05, 4.69) is 4.74 Å². The van der Waals surface area contributed by atoms with Crippen molar-refractivity contribution in [2.24, 2.45) is 0 Å². The number of halogens is 3. The van der Waals surface area contributed by atoms with E-state index in [4.69, 9.17) is 16.3 Å². The van der Waals surface area contributed by atoms with Crippen molar-refractivity contribution in [3.63, 3.8) is 0 Å². The van der Waals surface area contributed by atoms with Crippen LogP contribution in [0, 0.1) is 0 Å². The van der Waals surface area contributed by atoms with E-state index in [1.165, 1.54) is 30.2 Å². The Kier molecular flexibility index (Phi) is 6.97. The summed E-state index contributed by atoms with van der Waals surface area (Å²) < 4.78 is 34.1. The van der Waals surface area contributed by atoms with Gasteiger partial charge in [-0.1, -0.05) is 35.9 Å². The number of methoxy groups -OCH3 is 1. The van der Waals surface area contributed by atoms with Gasteiger partial charge in [0.15, 0.2) is 11.5 Å². The molecule has 0 bridgehead atoms. The molecule has 0 atom stereocenters. The highest BCUT2D eigenvalue weighted by atomic mass is 35.5. The van der Waals surface area contributed by atoms with Gasteiger partial charge in [-0.25, -0.2) is 0 Å². The van der Waals surface area contributed by atoms with E-state index in [0.29, 0.717) is 17.1 Å². The number of nitrogens with zero attached hydrogens (tertiary/aromatic N) is 1. The number of carbonyl (C=O) groups is 1. The van der Waals surface area contributed by atoms with Crippen molar-refractivity contribution < 1.29 is 23.0 Å². The molecule has 4 nitrogen and oxygen atoms in total. The molecular formula is C19H18ClF2NO3. The zero-order valence-electron chi connectivity index (χ0n) is 14.3. The van der Waals surface area contributed by atoms with Gasteiger partial charge in [0.2, 0.25) is 5.91 Å². The fourth-order valence-electron chi connectivity index (χ4n) is 2.24. The summed E-state index contributed by atoms with van der Waals surface area (Å²) in [4.78, 5) is 13.8. The summed E-state index contributed by atoms with van der Waals surface area (Å²) in [6, 6.07) is 11.7. The van der Waals surface area contributed by atoms with Gasteiger partial charge in [-0.05, 0) is 35.4 Å². The van der Waals surface area contributed by atoms with Crippen LogP contribution in [0.25, 0.3) is 6.08 Å². The van der Waals surface area contributed by atoms with Crippen molar-refractivity contribution in [1.29, 1.82) is 0 Å². The van der Waals surface area contributed by atoms with Crippen molar-refractivity contribution in [1.82, 2.24) is 4.90 Å². The Morgan fingerprint density at radius 3 is 2.62 bits per heavy atom. The largest absolute Gasteiger partial charge is 0.493 e. The van der Waals surface area contributed by atoms with Crippen LogP contribution in [0.5, 0.6) is 11.5 Å². The van der Waals surface area contributed by atoms with Gasteiger partial charge >= 0.3 is 6.61 Å². The van der Waals surface area contributed by atoms with E-state index in [0.717, 1.165) is 5.56 Å². The van der Waals surface area contributed by atoms with Crippen molar-refractivity contribution >= 4 is 23.6 Å². The predicted octanol–water partition coefficient (Wildman–Crippen LogP) is 4.62. The van der Waals surface area contributed by atoms with Crippen LogP contribution in [0.3, 0.4) is 0 Å². The van der Waals surface area contributed by atoms with E-state index in [1.54, 1.807) is 25.3 Å². The summed E-state index contributed by atoms with van der Waals surface area (Å²) in [6.45, 7) is -2.57. The Balaban J connectivity index is 2.06. The molecule has 0 fully saturated rings. The molecule has 2 aromatic carbocycles. The van der Waals surface area contributed by atoms with Crippen LogP contribution in [-0.4, -0.2) is 31.6 Å². The summed E-state index contributed by atoms with van der Waals surface area (Å²) in [6.07, 6.45) is 2.96. The minimum atomic E-state index is -2.94. The van der Waals surface area contributed by atoms with Crippen LogP contribution in [0.1, 0.15) is 11.1 Å². The molecular weight excluding hydrogens is 364 g/mol. The van der Waals surface area contributed by atoms with E-state index < -0.39 is 6.61 Å². The van der Waals surface area contributed by atoms with Crippen LogP contribution < -0.4 is 9.47 Å². The fraction of sp³-hybridized carbons (Fsp3) is 0.211. The number of hydrogen-bond donors (Lipinski definition) is 0. The second kappa shape index (κ2) is 9.20. The molecule has 0 aliphatic heterocycles. The third-order valence-electron chi connectivity index (χ3n) is 3.56. The van der Waals surface area contributed by atoms with Gasteiger partial charge in [-0.2, -0.15) is 8.78 Å². The Morgan fingerprint density at radius 2 is 1.96 bits per heavy atom. The average Bonchev–Trinajstić information content (AvgIpc) is 2.61. The summed E-state index contributed by atoms with van der Waals surface area (Å²) in [7, 11) is 3.01. The molecule has 0 heterocycles. The van der Waals surface area contributed by atoms with Gasteiger partial charge < -0.3 is 14.4 Å². The maximum atomic E-state index is 12.3. The molecule has 0 aliphatic carbocycles. The molecule has 7 heteroatoms. The van der Waals surface area contributed by atoms with E-state index in [9.17, 15) is 13.6 Å². The minimum absolute atomic E-state index is 0.0678. The van der Waals surface area contributed by atoms with Gasteiger partial charge in [-0.3, -0.25) is 4.79 Å². The predicted molar refractivity (Wildman–Crippen MR) is 96.6 cm³/mol. The topological polar surface area (TPSA) is 38.8 Å². The SMILES string of the molecule is COc1cc(/C=C/C(=O)N(C)Cc2ccccc2Cl)ccc1OC(F)F. The molecule has 26 heavy (non-hydrogen) atoms. The summed E-state index contributed by atoms with van der Waals surface area (Å²) >= 11 is 6.10. The van der Waals surface area contributed by atoms with Crippen molar-refractivity contribution in [3.8, 4) is 11.5 Å². The molecule has 0 N–H and O–H groups in total. The molecule has 0 spiro atoms. The highest BCUT2D eigenvalue weighted by molar-refractivity contribution is 6.31. The van der Waals surface area contributed by atoms with E-state index in [1.807, 2.05) is 18.2 Å². The lowest BCUT2D eigenvalue weighted by atomic mass is 10.1. The Hall–Kier alpha value is -2.60. The Labute approximate surface area is 155 Å². The van der Waals surface area contributed by atoms with Crippen LogP contribution in [0.2, 0.25) is 5.02 Å². The lowest BCUT2D eigenvalue weighted by Gasteiger charge is -2.16. The number of amides is 1. The van der Waals surface area contributed by atoms with Gasteiger partial charge in [0.05, 0.1) is 7.11 Å². The summed E-state index contributed by atoms with van der Waals surface area (Å²) in [5.41, 5.74) is 1.46. The Morgan fingerprint density at radius 1 is 1.23 bits per heavy atom. The van der Waals surface area contributed by atoms with E-state index >= 15 is 0 Å². The van der Waals surface area contributed by atoms with Crippen molar-refractivity contribution in [2.45, 2.75) is 13.2 Å². The van der Waals surface area contributed by atoms with Gasteiger partial charge in [-0.15, -0.1) is 0 Å². The fourth-order valence-corrected chi connectivity index (χ4v) is 2.43. The maximum Gasteiger partial charge on any atom is 0.387 e. The highest BCUT2D eigenvalue weighted by Gasteiger charge is 2.11. The van der Waals surface area contributed by atoms with E-state index in [-0.39, 0.29) is 17.4 Å². The smallest absolute Gasteiger partial charge is 0.387 e. The third-order valence-corrected chi connectivity index (χ3v) is 3.93. The summed E-state index contributed by atoms with van der Waals surface area (Å²) in [5.74, 6) is -0.136. The number of benzene rings is 2. The number of alkyl halides is 2. The maximum absolute atomic E-state index is 12.3. The van der Waals surface area contributed by atoms with Crippen LogP contribution in [0.15, 0.2) is 48.5 Å². The minimum Gasteiger partial charge on any atom is -0.493 e. The number of carbonyl (C=O) groups excluding carboxylic acids is 1. The van der Waals surface area contributed by atoms with Crippen LogP contribution in [0.4, 0.5) is 8.78 Å². The molecule has 2 rings (SSSR count). The first-order valence-corrected chi connectivity index (χ1v) is 8.08. The van der Waals surface area contributed by atoms with Crippen LogP contribution in [-0.2, 0) is 11.3 Å². The molecule has 0 unspecified atom stereocenters. The molecule has 1 amide bonds. The Bertz CT molecular complexity index is 796. The number of ether oxygens (including phenoxy) is 2. The number of likely N-dealkylation sites (N-methyl/N-ethyl adjacent to an activating group) is 1. The first-order chi connectivity index (χ1) is 12.4. The highest BCUT2D eigenvalue weighted by Crippen LogP contribution is 2.29. The van der Waals surface area contributed by atoms with Gasteiger partial charge in [0.1, 0.15) is 0 Å². The lowest BCUT2D eigenvalue weighted by molar-refractivity contribution is -0.125. The second-order valence-corrected chi connectivity index (χ2v) is 5.82. The molecule has 138 valence electrons. The molecule has 0 saturated heterocycles. The lowest BCUT2D eigenvalue weighted by Crippen LogP contribution is -2.24. The number of rotatable bonds is 7. The monoisotopic (exact) mass is 381 g/mol. The zero-order valence-corrected chi connectivity index (χ0v) is 15.0. The molecule has 0 radical (unpaired) electrons. The first-order valence-electron chi connectivity index (χ1n) is 7.70. The molecule has 0 aromatic heterocycles. The average molecular weight is 382 g/mol. The zero-order chi connectivity index (χ0) is 19.1. The van der Waals surface area contributed by atoms with Gasteiger partial charge in [0, 0.05) is 24.7 Å².